The number of pyridine rings is 1. The molecule has 0 radical (unpaired) electrons. The van der Waals surface area contributed by atoms with E-state index in [4.69, 9.17) is 5.73 Å². The molecule has 0 aliphatic carbocycles. The molecule has 0 saturated carbocycles. The van der Waals surface area contributed by atoms with E-state index in [9.17, 15) is 0 Å². The lowest BCUT2D eigenvalue weighted by Gasteiger charge is -2.08. The molecule has 1 aromatic carbocycles. The number of aryl methyl sites for hydroxylation is 1. The fourth-order valence-electron chi connectivity index (χ4n) is 1.68. The molecule has 2 heteroatoms. The van der Waals surface area contributed by atoms with Crippen molar-refractivity contribution in [1.82, 2.24) is 4.98 Å². The molecular weight excluding hydrogens is 184 g/mol. The molecule has 0 atom stereocenters. The van der Waals surface area contributed by atoms with Gasteiger partial charge in [0.2, 0.25) is 0 Å². The maximum absolute atomic E-state index is 5.70. The van der Waals surface area contributed by atoms with Crippen molar-refractivity contribution in [2.45, 2.75) is 13.5 Å². The minimum absolute atomic E-state index is 0.525. The highest BCUT2D eigenvalue weighted by atomic mass is 14.7. The van der Waals surface area contributed by atoms with Crippen LogP contribution >= 0.6 is 0 Å². The van der Waals surface area contributed by atoms with Gasteiger partial charge in [-0.2, -0.15) is 0 Å². The van der Waals surface area contributed by atoms with Crippen molar-refractivity contribution in [2.24, 2.45) is 5.73 Å². The Kier molecular flexibility index (Phi) is 2.79. The van der Waals surface area contributed by atoms with Gasteiger partial charge in [0.15, 0.2) is 0 Å². The second-order valence-electron chi connectivity index (χ2n) is 3.53. The lowest BCUT2D eigenvalue weighted by molar-refractivity contribution is 1.05. The summed E-state index contributed by atoms with van der Waals surface area (Å²) in [5.74, 6) is 0. The number of aromatic nitrogens is 1. The van der Waals surface area contributed by atoms with Gasteiger partial charge in [0.25, 0.3) is 0 Å². The van der Waals surface area contributed by atoms with Gasteiger partial charge in [-0.1, -0.05) is 30.3 Å². The molecule has 2 aromatic rings. The second kappa shape index (κ2) is 4.24. The molecule has 1 heterocycles. The topological polar surface area (TPSA) is 38.9 Å². The van der Waals surface area contributed by atoms with Gasteiger partial charge in [-0.3, -0.25) is 4.98 Å². The number of benzene rings is 1. The zero-order chi connectivity index (χ0) is 10.7. The zero-order valence-corrected chi connectivity index (χ0v) is 8.77. The lowest BCUT2D eigenvalue weighted by atomic mass is 10.0. The molecule has 0 unspecified atom stereocenters. The largest absolute Gasteiger partial charge is 0.326 e. The van der Waals surface area contributed by atoms with Gasteiger partial charge in [0, 0.05) is 18.3 Å². The fourth-order valence-corrected chi connectivity index (χ4v) is 1.68. The van der Waals surface area contributed by atoms with Crippen LogP contribution in [-0.2, 0) is 6.54 Å². The second-order valence-corrected chi connectivity index (χ2v) is 3.53. The minimum atomic E-state index is 0.525. The Morgan fingerprint density at radius 2 is 1.93 bits per heavy atom. The van der Waals surface area contributed by atoms with Crippen LogP contribution in [0, 0.1) is 6.92 Å². The first-order chi connectivity index (χ1) is 7.33. The third kappa shape index (κ3) is 1.90. The molecule has 0 amide bonds. The first-order valence-corrected chi connectivity index (χ1v) is 5.03. The van der Waals surface area contributed by atoms with Crippen molar-refractivity contribution in [1.29, 1.82) is 0 Å². The number of hydrogen-bond acceptors (Lipinski definition) is 2. The molecule has 0 bridgehead atoms. The lowest BCUT2D eigenvalue weighted by Crippen LogP contribution is -2.01. The van der Waals surface area contributed by atoms with Crippen LogP contribution in [0.5, 0.6) is 0 Å². The van der Waals surface area contributed by atoms with E-state index >= 15 is 0 Å². The predicted octanol–water partition coefficient (Wildman–Crippen LogP) is 2.52. The van der Waals surface area contributed by atoms with Crippen molar-refractivity contribution in [3.8, 4) is 11.3 Å². The van der Waals surface area contributed by atoms with E-state index in [1.54, 1.807) is 6.20 Å². The highest BCUT2D eigenvalue weighted by Gasteiger charge is 2.06. The maximum Gasteiger partial charge on any atom is 0.0749 e. The molecule has 1 aromatic heterocycles. The van der Waals surface area contributed by atoms with Crippen molar-refractivity contribution in [2.75, 3.05) is 0 Å². The Bertz CT molecular complexity index is 464. The van der Waals surface area contributed by atoms with Gasteiger partial charge in [0.1, 0.15) is 0 Å². The van der Waals surface area contributed by atoms with Crippen LogP contribution in [0.2, 0.25) is 0 Å². The molecule has 2 N–H and O–H groups in total. The Labute approximate surface area is 89.8 Å². The molecule has 76 valence electrons. The number of hydrogen-bond donors (Lipinski definition) is 1. The van der Waals surface area contributed by atoms with Crippen molar-refractivity contribution in [3.05, 3.63) is 53.7 Å². The van der Waals surface area contributed by atoms with E-state index in [1.165, 1.54) is 11.1 Å². The molecule has 15 heavy (non-hydrogen) atoms. The SMILES string of the molecule is Cc1ccccc1-c1ncccc1CN. The summed E-state index contributed by atoms with van der Waals surface area (Å²) in [6.07, 6.45) is 1.81. The summed E-state index contributed by atoms with van der Waals surface area (Å²) in [6.45, 7) is 2.61. The van der Waals surface area contributed by atoms with Gasteiger partial charge in [-0.05, 0) is 24.1 Å². The summed E-state index contributed by atoms with van der Waals surface area (Å²) in [5, 5.41) is 0. The average molecular weight is 198 g/mol. The third-order valence-corrected chi connectivity index (χ3v) is 2.51. The standard InChI is InChI=1S/C13H14N2/c1-10-5-2-3-7-12(10)13-11(9-14)6-4-8-15-13/h2-8H,9,14H2,1H3. The predicted molar refractivity (Wildman–Crippen MR) is 62.3 cm³/mol. The molecule has 0 spiro atoms. The molecule has 0 fully saturated rings. The Morgan fingerprint density at radius 3 is 2.67 bits per heavy atom. The van der Waals surface area contributed by atoms with E-state index in [2.05, 4.69) is 24.0 Å². The smallest absolute Gasteiger partial charge is 0.0749 e. The zero-order valence-electron chi connectivity index (χ0n) is 8.77. The first kappa shape index (κ1) is 9.87. The van der Waals surface area contributed by atoms with Crippen LogP contribution in [0.25, 0.3) is 11.3 Å². The van der Waals surface area contributed by atoms with Gasteiger partial charge in [-0.25, -0.2) is 0 Å². The normalized spacial score (nSPS) is 10.3. The van der Waals surface area contributed by atoms with Crippen LogP contribution in [0.4, 0.5) is 0 Å². The van der Waals surface area contributed by atoms with Crippen LogP contribution in [0.1, 0.15) is 11.1 Å². The number of nitrogens with zero attached hydrogens (tertiary/aromatic N) is 1. The Balaban J connectivity index is 2.59. The Morgan fingerprint density at radius 1 is 1.13 bits per heavy atom. The average Bonchev–Trinajstić information content (AvgIpc) is 2.30. The summed E-state index contributed by atoms with van der Waals surface area (Å²) < 4.78 is 0. The van der Waals surface area contributed by atoms with Crippen LogP contribution < -0.4 is 5.73 Å². The summed E-state index contributed by atoms with van der Waals surface area (Å²) in [5.41, 5.74) is 10.2. The van der Waals surface area contributed by atoms with E-state index in [0.29, 0.717) is 6.54 Å². The molecule has 2 nitrogen and oxygen atoms in total. The molecule has 0 aliphatic heterocycles. The van der Waals surface area contributed by atoms with Gasteiger partial charge in [-0.15, -0.1) is 0 Å². The highest BCUT2D eigenvalue weighted by Crippen LogP contribution is 2.23. The monoisotopic (exact) mass is 198 g/mol. The molecular formula is C13H14N2. The van der Waals surface area contributed by atoms with E-state index in [1.807, 2.05) is 24.3 Å². The fraction of sp³-hybridized carbons (Fsp3) is 0.154. The number of rotatable bonds is 2. The first-order valence-electron chi connectivity index (χ1n) is 5.03. The van der Waals surface area contributed by atoms with Crippen molar-refractivity contribution < 1.29 is 0 Å². The summed E-state index contributed by atoms with van der Waals surface area (Å²) >= 11 is 0. The van der Waals surface area contributed by atoms with E-state index in [0.717, 1.165) is 11.3 Å². The van der Waals surface area contributed by atoms with Gasteiger partial charge >= 0.3 is 0 Å². The van der Waals surface area contributed by atoms with Crippen LogP contribution in [0.15, 0.2) is 42.6 Å². The summed E-state index contributed by atoms with van der Waals surface area (Å²) in [7, 11) is 0. The van der Waals surface area contributed by atoms with Crippen LogP contribution in [-0.4, -0.2) is 4.98 Å². The van der Waals surface area contributed by atoms with Crippen molar-refractivity contribution >= 4 is 0 Å². The molecule has 0 aliphatic rings. The summed E-state index contributed by atoms with van der Waals surface area (Å²) in [6, 6.07) is 12.2. The van der Waals surface area contributed by atoms with Gasteiger partial charge in [0.05, 0.1) is 5.69 Å². The summed E-state index contributed by atoms with van der Waals surface area (Å²) in [4.78, 5) is 4.40. The third-order valence-electron chi connectivity index (χ3n) is 2.51. The minimum Gasteiger partial charge on any atom is -0.326 e. The quantitative estimate of drug-likeness (QED) is 0.805. The van der Waals surface area contributed by atoms with E-state index in [-0.39, 0.29) is 0 Å². The number of nitrogens with two attached hydrogens (primary N) is 1. The maximum atomic E-state index is 5.70. The van der Waals surface area contributed by atoms with E-state index < -0.39 is 0 Å². The highest BCUT2D eigenvalue weighted by molar-refractivity contribution is 5.66. The molecule has 0 saturated heterocycles. The van der Waals surface area contributed by atoms with Gasteiger partial charge < -0.3 is 5.73 Å². The Hall–Kier alpha value is -1.67. The van der Waals surface area contributed by atoms with Crippen LogP contribution in [0.3, 0.4) is 0 Å². The molecule has 2 rings (SSSR count). The van der Waals surface area contributed by atoms with Crippen molar-refractivity contribution in [3.63, 3.8) is 0 Å².